The van der Waals surface area contributed by atoms with Gasteiger partial charge in [-0.15, -0.1) is 0 Å². The van der Waals surface area contributed by atoms with Crippen molar-refractivity contribution in [2.75, 3.05) is 13.2 Å². The molecule has 0 radical (unpaired) electrons. The number of amidine groups is 1. The molecule has 1 aliphatic heterocycles. The van der Waals surface area contributed by atoms with Crippen molar-refractivity contribution in [2.24, 2.45) is 4.99 Å². The van der Waals surface area contributed by atoms with Gasteiger partial charge in [0.1, 0.15) is 0 Å². The molecule has 1 heterocycles. The summed E-state index contributed by atoms with van der Waals surface area (Å²) in [5.41, 5.74) is 3.93. The number of rotatable bonds is 7. The van der Waals surface area contributed by atoms with E-state index in [-0.39, 0.29) is 11.7 Å². The highest BCUT2D eigenvalue weighted by molar-refractivity contribution is 14.1. The van der Waals surface area contributed by atoms with Crippen LogP contribution in [0.4, 0.5) is 5.69 Å². The molecule has 3 aromatic carbocycles. The molecule has 0 atom stereocenters. The number of hydrogen-bond donors (Lipinski definition) is 1. The van der Waals surface area contributed by atoms with Crippen molar-refractivity contribution in [3.05, 3.63) is 91.9 Å². The fourth-order valence-electron chi connectivity index (χ4n) is 3.50. The number of phenolic OH excluding ortho intramolecular Hbond substituents is 1. The second-order valence-corrected chi connectivity index (χ2v) is 9.99. The number of ether oxygens (including phenoxy) is 1. The van der Waals surface area contributed by atoms with E-state index in [1.165, 1.54) is 17.3 Å². The van der Waals surface area contributed by atoms with Crippen LogP contribution in [0.2, 0.25) is 0 Å². The fourth-order valence-corrected chi connectivity index (χ4v) is 5.15. The lowest BCUT2D eigenvalue weighted by Gasteiger charge is -2.15. The van der Waals surface area contributed by atoms with E-state index in [0.717, 1.165) is 23.2 Å². The zero-order valence-electron chi connectivity index (χ0n) is 19.0. The summed E-state index contributed by atoms with van der Waals surface area (Å²) in [6.07, 6.45) is 2.57. The Labute approximate surface area is 217 Å². The van der Waals surface area contributed by atoms with Gasteiger partial charge in [0.05, 0.1) is 20.8 Å². The Bertz CT molecular complexity index is 1240. The molecule has 5 nitrogen and oxygen atoms in total. The molecule has 174 valence electrons. The summed E-state index contributed by atoms with van der Waals surface area (Å²) in [6.45, 7) is 4.88. The van der Waals surface area contributed by atoms with Crippen molar-refractivity contribution in [1.29, 1.82) is 0 Å². The number of phenols is 1. The highest BCUT2D eigenvalue weighted by Gasteiger charge is 2.33. The Kier molecular flexibility index (Phi) is 7.95. The smallest absolute Gasteiger partial charge is 0.266 e. The summed E-state index contributed by atoms with van der Waals surface area (Å²) >= 11 is 3.43. The molecule has 1 amide bonds. The van der Waals surface area contributed by atoms with E-state index in [1.807, 2.05) is 68.5 Å². The Morgan fingerprint density at radius 3 is 2.56 bits per heavy atom. The summed E-state index contributed by atoms with van der Waals surface area (Å²) in [6, 6.07) is 21.7. The van der Waals surface area contributed by atoms with E-state index in [4.69, 9.17) is 9.73 Å². The third-order valence-corrected chi connectivity index (χ3v) is 7.09. The number of nitrogens with zero attached hydrogens (tertiary/aromatic N) is 2. The van der Waals surface area contributed by atoms with Crippen LogP contribution in [0, 0.1) is 10.5 Å². The predicted octanol–water partition coefficient (Wildman–Crippen LogP) is 6.55. The maximum atomic E-state index is 13.4. The minimum Gasteiger partial charge on any atom is -0.504 e. The standard InChI is InChI=1S/C27H25IN2O3S/c1-3-33-23-16-20(15-22(28)25(23)31)17-24-26(32)30(14-13-19-7-5-4-6-8-19)27(34-24)29-21-11-9-18(2)10-12-21/h4-12,15-17,31H,3,13-14H2,1-2H3/b24-17+,29-27?. The summed E-state index contributed by atoms with van der Waals surface area (Å²) < 4.78 is 6.22. The lowest BCUT2D eigenvalue weighted by Crippen LogP contribution is -2.31. The lowest BCUT2D eigenvalue weighted by atomic mass is 10.1. The van der Waals surface area contributed by atoms with Gasteiger partial charge in [-0.3, -0.25) is 9.69 Å². The van der Waals surface area contributed by atoms with Gasteiger partial charge in [-0.1, -0.05) is 48.0 Å². The van der Waals surface area contributed by atoms with Crippen molar-refractivity contribution in [3.8, 4) is 11.5 Å². The minimum atomic E-state index is -0.0761. The van der Waals surface area contributed by atoms with Crippen molar-refractivity contribution >= 4 is 57.2 Å². The Balaban J connectivity index is 1.66. The number of carbonyl (C=O) groups is 1. The average Bonchev–Trinajstić information content (AvgIpc) is 3.11. The molecule has 4 rings (SSSR count). The predicted molar refractivity (Wildman–Crippen MR) is 148 cm³/mol. The molecular formula is C27H25IN2O3S. The second-order valence-electron chi connectivity index (χ2n) is 7.82. The molecule has 1 fully saturated rings. The third-order valence-electron chi connectivity index (χ3n) is 5.26. The van der Waals surface area contributed by atoms with Gasteiger partial charge in [0.2, 0.25) is 0 Å². The van der Waals surface area contributed by atoms with Gasteiger partial charge in [0.25, 0.3) is 5.91 Å². The van der Waals surface area contributed by atoms with E-state index < -0.39 is 0 Å². The van der Waals surface area contributed by atoms with Crippen molar-refractivity contribution < 1.29 is 14.6 Å². The van der Waals surface area contributed by atoms with Crippen molar-refractivity contribution in [1.82, 2.24) is 4.90 Å². The first-order valence-corrected chi connectivity index (χ1v) is 12.9. The number of benzene rings is 3. The van der Waals surface area contributed by atoms with Gasteiger partial charge in [0, 0.05) is 6.54 Å². The molecule has 0 unspecified atom stereocenters. The molecule has 3 aromatic rings. The number of thioether (sulfide) groups is 1. The SMILES string of the molecule is CCOc1cc(/C=C2/SC(=Nc3ccc(C)cc3)N(CCc3ccccc3)C2=O)cc(I)c1O. The number of carbonyl (C=O) groups excluding carboxylic acids is 1. The maximum Gasteiger partial charge on any atom is 0.266 e. The second kappa shape index (κ2) is 11.1. The van der Waals surface area contributed by atoms with Gasteiger partial charge in [-0.2, -0.15) is 0 Å². The van der Waals surface area contributed by atoms with Gasteiger partial charge in [-0.25, -0.2) is 4.99 Å². The van der Waals surface area contributed by atoms with E-state index in [9.17, 15) is 9.90 Å². The van der Waals surface area contributed by atoms with Crippen LogP contribution in [-0.4, -0.2) is 34.2 Å². The Morgan fingerprint density at radius 2 is 1.85 bits per heavy atom. The van der Waals surface area contributed by atoms with E-state index in [1.54, 1.807) is 11.0 Å². The van der Waals surface area contributed by atoms with Gasteiger partial charge in [-0.05, 0) is 96.1 Å². The molecule has 0 saturated carbocycles. The van der Waals surface area contributed by atoms with Crippen LogP contribution < -0.4 is 4.74 Å². The van der Waals surface area contributed by atoms with E-state index in [2.05, 4.69) is 34.7 Å². The number of aliphatic imine (C=N–C) groups is 1. The zero-order valence-corrected chi connectivity index (χ0v) is 22.0. The zero-order chi connectivity index (χ0) is 24.1. The van der Waals surface area contributed by atoms with E-state index in [0.29, 0.717) is 32.5 Å². The molecule has 34 heavy (non-hydrogen) atoms. The minimum absolute atomic E-state index is 0.0761. The van der Waals surface area contributed by atoms with Crippen LogP contribution in [0.3, 0.4) is 0 Å². The van der Waals surface area contributed by atoms with Crippen LogP contribution in [0.5, 0.6) is 11.5 Å². The summed E-state index contributed by atoms with van der Waals surface area (Å²) in [4.78, 5) is 20.5. The highest BCUT2D eigenvalue weighted by atomic mass is 127. The molecule has 0 aromatic heterocycles. The first kappa shape index (κ1) is 24.3. The topological polar surface area (TPSA) is 62.1 Å². The quantitative estimate of drug-likeness (QED) is 0.253. The summed E-state index contributed by atoms with van der Waals surface area (Å²) in [5.74, 6) is 0.445. The highest BCUT2D eigenvalue weighted by Crippen LogP contribution is 2.37. The molecular weight excluding hydrogens is 559 g/mol. The van der Waals surface area contributed by atoms with Crippen molar-refractivity contribution in [2.45, 2.75) is 20.3 Å². The van der Waals surface area contributed by atoms with Gasteiger partial charge in [0.15, 0.2) is 16.7 Å². The Morgan fingerprint density at radius 1 is 1.12 bits per heavy atom. The van der Waals surface area contributed by atoms with E-state index >= 15 is 0 Å². The third kappa shape index (κ3) is 5.82. The largest absolute Gasteiger partial charge is 0.504 e. The molecule has 0 bridgehead atoms. The summed E-state index contributed by atoms with van der Waals surface area (Å²) in [7, 11) is 0. The fraction of sp³-hybridized carbons (Fsp3) is 0.185. The Hall–Kier alpha value is -2.78. The number of aromatic hydroxyl groups is 1. The number of hydrogen-bond acceptors (Lipinski definition) is 5. The average molecular weight is 584 g/mol. The van der Waals surface area contributed by atoms with Gasteiger partial charge >= 0.3 is 0 Å². The van der Waals surface area contributed by atoms with Crippen LogP contribution in [-0.2, 0) is 11.2 Å². The molecule has 0 spiro atoms. The molecule has 7 heteroatoms. The number of halogens is 1. The summed E-state index contributed by atoms with van der Waals surface area (Å²) in [5, 5.41) is 10.9. The molecule has 1 N–H and O–H groups in total. The van der Waals surface area contributed by atoms with Crippen LogP contribution in [0.1, 0.15) is 23.6 Å². The van der Waals surface area contributed by atoms with Crippen molar-refractivity contribution in [3.63, 3.8) is 0 Å². The van der Waals surface area contributed by atoms with Crippen LogP contribution in [0.25, 0.3) is 6.08 Å². The van der Waals surface area contributed by atoms with Crippen LogP contribution >= 0.6 is 34.4 Å². The first-order valence-electron chi connectivity index (χ1n) is 11.0. The molecule has 0 aliphatic carbocycles. The monoisotopic (exact) mass is 584 g/mol. The maximum absolute atomic E-state index is 13.4. The lowest BCUT2D eigenvalue weighted by molar-refractivity contribution is -0.122. The molecule has 1 saturated heterocycles. The normalized spacial score (nSPS) is 16.0. The van der Waals surface area contributed by atoms with Crippen LogP contribution in [0.15, 0.2) is 76.6 Å². The number of amides is 1. The first-order chi connectivity index (χ1) is 16.4. The van der Waals surface area contributed by atoms with Gasteiger partial charge < -0.3 is 9.84 Å². The number of aryl methyl sites for hydroxylation is 1. The molecule has 1 aliphatic rings.